The van der Waals surface area contributed by atoms with E-state index in [1.165, 1.54) is 25.6 Å². The molecule has 0 atom stereocenters. The monoisotopic (exact) mass is 402 g/mol. The second-order valence-electron chi connectivity index (χ2n) is 5.48. The lowest BCUT2D eigenvalue weighted by Crippen LogP contribution is -2.34. The van der Waals surface area contributed by atoms with Gasteiger partial charge in [-0.25, -0.2) is 0 Å². The van der Waals surface area contributed by atoms with Crippen molar-refractivity contribution in [3.8, 4) is 22.9 Å². The number of carbonyl (C=O) groups is 2. The number of thiophene rings is 1. The number of hydrogen-bond acceptors (Lipinski definition) is 8. The quantitative estimate of drug-likeness (QED) is 0.554. The second-order valence-corrected chi connectivity index (χ2v) is 6.43. The Morgan fingerprint density at radius 2 is 1.82 bits per heavy atom. The number of methoxy groups -OCH3 is 2. The highest BCUT2D eigenvalue weighted by Gasteiger charge is 2.17. The van der Waals surface area contributed by atoms with E-state index >= 15 is 0 Å². The van der Waals surface area contributed by atoms with Crippen LogP contribution in [0.4, 0.5) is 0 Å². The first-order valence-electron chi connectivity index (χ1n) is 8.28. The van der Waals surface area contributed by atoms with Crippen molar-refractivity contribution in [2.45, 2.75) is 0 Å². The van der Waals surface area contributed by atoms with E-state index in [2.05, 4.69) is 20.8 Å². The number of aromatic nitrogens is 2. The largest absolute Gasteiger partial charge is 0.493 e. The van der Waals surface area contributed by atoms with Crippen molar-refractivity contribution in [2.75, 3.05) is 27.3 Å². The Morgan fingerprint density at radius 1 is 1.07 bits per heavy atom. The topological polar surface area (TPSA) is 116 Å². The van der Waals surface area contributed by atoms with Gasteiger partial charge in [-0.05, 0) is 29.6 Å². The maximum absolute atomic E-state index is 12.1. The molecule has 10 heteroatoms. The molecule has 3 rings (SSSR count). The van der Waals surface area contributed by atoms with Gasteiger partial charge in [0.1, 0.15) is 0 Å². The van der Waals surface area contributed by atoms with Crippen LogP contribution in [0.2, 0.25) is 0 Å². The molecule has 28 heavy (non-hydrogen) atoms. The molecule has 146 valence electrons. The molecule has 0 aliphatic carbocycles. The lowest BCUT2D eigenvalue weighted by Gasteiger charge is -2.07. The third-order valence-electron chi connectivity index (χ3n) is 3.70. The number of rotatable bonds is 8. The van der Waals surface area contributed by atoms with E-state index in [4.69, 9.17) is 14.0 Å². The number of hydrogen-bond donors (Lipinski definition) is 2. The smallest absolute Gasteiger partial charge is 0.316 e. The van der Waals surface area contributed by atoms with Crippen LogP contribution in [0.15, 0.2) is 40.2 Å². The summed E-state index contributed by atoms with van der Waals surface area (Å²) in [6, 6.07) is 8.65. The normalized spacial score (nSPS) is 10.4. The minimum atomic E-state index is -0.524. The van der Waals surface area contributed by atoms with Gasteiger partial charge < -0.3 is 24.6 Å². The molecule has 0 fully saturated rings. The van der Waals surface area contributed by atoms with Gasteiger partial charge in [0, 0.05) is 18.7 Å². The molecular weight excluding hydrogens is 384 g/mol. The van der Waals surface area contributed by atoms with Crippen molar-refractivity contribution < 1.29 is 23.6 Å². The first kappa shape index (κ1) is 19.4. The van der Waals surface area contributed by atoms with Crippen molar-refractivity contribution in [1.29, 1.82) is 0 Å². The van der Waals surface area contributed by atoms with Gasteiger partial charge in [-0.15, -0.1) is 11.3 Å². The Labute approximate surface area is 164 Å². The van der Waals surface area contributed by atoms with Crippen LogP contribution in [0.1, 0.15) is 20.4 Å². The van der Waals surface area contributed by atoms with E-state index in [9.17, 15) is 9.59 Å². The molecule has 3 aromatic rings. The van der Waals surface area contributed by atoms with E-state index in [0.29, 0.717) is 21.9 Å². The van der Waals surface area contributed by atoms with Gasteiger partial charge in [-0.2, -0.15) is 4.98 Å². The third-order valence-corrected chi connectivity index (χ3v) is 4.57. The van der Waals surface area contributed by atoms with E-state index in [1.807, 2.05) is 5.38 Å². The van der Waals surface area contributed by atoms with Gasteiger partial charge in [-0.3, -0.25) is 9.59 Å². The molecule has 0 radical (unpaired) electrons. The number of nitrogens with one attached hydrogen (secondary N) is 2. The summed E-state index contributed by atoms with van der Waals surface area (Å²) in [4.78, 5) is 28.6. The van der Waals surface area contributed by atoms with Crippen LogP contribution < -0.4 is 20.1 Å². The van der Waals surface area contributed by atoms with Crippen LogP contribution in [0, 0.1) is 0 Å². The molecule has 0 unspecified atom stereocenters. The summed E-state index contributed by atoms with van der Waals surface area (Å²) in [5.74, 6) is 0.448. The Balaban J connectivity index is 1.54. The maximum atomic E-state index is 12.1. The summed E-state index contributed by atoms with van der Waals surface area (Å²) < 4.78 is 15.4. The van der Waals surface area contributed by atoms with Crippen molar-refractivity contribution in [1.82, 2.24) is 20.8 Å². The van der Waals surface area contributed by atoms with Crippen molar-refractivity contribution >= 4 is 23.2 Å². The van der Waals surface area contributed by atoms with Crippen molar-refractivity contribution in [3.63, 3.8) is 0 Å². The first-order valence-corrected chi connectivity index (χ1v) is 9.16. The zero-order valence-corrected chi connectivity index (χ0v) is 16.0. The third kappa shape index (κ3) is 4.46. The van der Waals surface area contributed by atoms with Crippen LogP contribution in [-0.2, 0) is 0 Å². The van der Waals surface area contributed by atoms with E-state index in [-0.39, 0.29) is 30.7 Å². The molecule has 0 spiro atoms. The zero-order valence-electron chi connectivity index (χ0n) is 15.2. The Hall–Kier alpha value is -3.40. The number of benzene rings is 1. The van der Waals surface area contributed by atoms with Crippen LogP contribution in [-0.4, -0.2) is 49.3 Å². The minimum Gasteiger partial charge on any atom is -0.493 e. The standard InChI is InChI=1S/C18H18N4O5S/c1-25-12-6-5-11(10-13(12)26-2)15-21-18(27-22-15)17(24)20-8-7-19-16(23)14-4-3-9-28-14/h3-6,9-10H,7-8H2,1-2H3,(H,19,23)(H,20,24). The summed E-state index contributed by atoms with van der Waals surface area (Å²) in [5.41, 5.74) is 0.615. The number of nitrogens with zero attached hydrogens (tertiary/aromatic N) is 2. The molecule has 2 aromatic heterocycles. The summed E-state index contributed by atoms with van der Waals surface area (Å²) >= 11 is 1.35. The zero-order chi connectivity index (χ0) is 19.9. The fourth-order valence-corrected chi connectivity index (χ4v) is 2.97. The van der Waals surface area contributed by atoms with Gasteiger partial charge in [-0.1, -0.05) is 11.2 Å². The Bertz CT molecular complexity index is 955. The van der Waals surface area contributed by atoms with Gasteiger partial charge in [0.15, 0.2) is 11.5 Å². The minimum absolute atomic E-state index is 0.172. The highest BCUT2D eigenvalue weighted by atomic mass is 32.1. The van der Waals surface area contributed by atoms with E-state index in [0.717, 1.165) is 0 Å². The molecule has 0 aliphatic rings. The molecule has 0 saturated carbocycles. The van der Waals surface area contributed by atoms with Gasteiger partial charge in [0.25, 0.3) is 5.91 Å². The van der Waals surface area contributed by atoms with Crippen LogP contribution >= 0.6 is 11.3 Å². The average Bonchev–Trinajstić information content (AvgIpc) is 3.42. The van der Waals surface area contributed by atoms with Crippen molar-refractivity contribution in [2.24, 2.45) is 0 Å². The molecule has 1 aromatic carbocycles. The molecule has 0 aliphatic heterocycles. The van der Waals surface area contributed by atoms with E-state index < -0.39 is 5.91 Å². The van der Waals surface area contributed by atoms with Gasteiger partial charge >= 0.3 is 11.8 Å². The Morgan fingerprint density at radius 3 is 2.50 bits per heavy atom. The van der Waals surface area contributed by atoms with Gasteiger partial charge in [0.05, 0.1) is 19.1 Å². The summed E-state index contributed by atoms with van der Waals surface area (Å²) in [5, 5.41) is 11.0. The predicted molar refractivity (Wildman–Crippen MR) is 102 cm³/mol. The fraction of sp³-hybridized carbons (Fsp3) is 0.222. The molecule has 0 saturated heterocycles. The number of amides is 2. The van der Waals surface area contributed by atoms with Crippen LogP contribution in [0.5, 0.6) is 11.5 Å². The first-order chi connectivity index (χ1) is 13.6. The molecule has 2 heterocycles. The van der Waals surface area contributed by atoms with Crippen LogP contribution in [0.3, 0.4) is 0 Å². The lowest BCUT2D eigenvalue weighted by atomic mass is 10.2. The van der Waals surface area contributed by atoms with Crippen LogP contribution in [0.25, 0.3) is 11.4 Å². The summed E-state index contributed by atoms with van der Waals surface area (Å²) in [6.07, 6.45) is 0. The summed E-state index contributed by atoms with van der Waals surface area (Å²) in [6.45, 7) is 0.503. The molecule has 2 N–H and O–H groups in total. The molecule has 2 amide bonds. The maximum Gasteiger partial charge on any atom is 0.316 e. The van der Waals surface area contributed by atoms with E-state index in [1.54, 1.807) is 30.3 Å². The summed E-state index contributed by atoms with van der Waals surface area (Å²) in [7, 11) is 3.06. The number of carbonyl (C=O) groups excluding carboxylic acids is 2. The fourth-order valence-electron chi connectivity index (χ4n) is 2.33. The Kier molecular flexibility index (Phi) is 6.22. The second kappa shape index (κ2) is 9.00. The van der Waals surface area contributed by atoms with Gasteiger partial charge in [0.2, 0.25) is 5.82 Å². The SMILES string of the molecule is COc1ccc(-c2noc(C(=O)NCCNC(=O)c3cccs3)n2)cc1OC. The molecular formula is C18H18N4O5S. The molecule has 9 nitrogen and oxygen atoms in total. The molecule has 0 bridgehead atoms. The lowest BCUT2D eigenvalue weighted by molar-refractivity contribution is 0.0899. The van der Waals surface area contributed by atoms with Crippen molar-refractivity contribution in [3.05, 3.63) is 46.5 Å². The predicted octanol–water partition coefficient (Wildman–Crippen LogP) is 1.98. The number of ether oxygens (including phenoxy) is 2. The average molecular weight is 402 g/mol. The highest BCUT2D eigenvalue weighted by molar-refractivity contribution is 7.12. The highest BCUT2D eigenvalue weighted by Crippen LogP contribution is 2.31.